The number of hydroxylamine groups is 1. The Kier molecular flexibility index (Phi) is 5.34. The second kappa shape index (κ2) is 8.05. The monoisotopic (exact) mass is 490 g/mol. The molecule has 0 unspecified atom stereocenters. The number of hydrogen-bond donors (Lipinski definition) is 0. The minimum Gasteiger partial charge on any atom is -0.273 e. The van der Waals surface area contributed by atoms with Crippen LogP contribution in [-0.2, 0) is 14.4 Å². The van der Waals surface area contributed by atoms with E-state index < -0.39 is 35.7 Å². The van der Waals surface area contributed by atoms with Crippen molar-refractivity contribution in [1.29, 1.82) is 0 Å². The minimum atomic E-state index is -1.10. The molecule has 2 amide bonds. The van der Waals surface area contributed by atoms with Crippen LogP contribution in [0.1, 0.15) is 11.6 Å². The fourth-order valence-electron chi connectivity index (χ4n) is 4.15. The van der Waals surface area contributed by atoms with Crippen LogP contribution in [0.25, 0.3) is 0 Å². The van der Waals surface area contributed by atoms with Gasteiger partial charge >= 0.3 is 0 Å². The van der Waals surface area contributed by atoms with Gasteiger partial charge in [0.15, 0.2) is 6.10 Å². The predicted molar refractivity (Wildman–Crippen MR) is 120 cm³/mol. The van der Waals surface area contributed by atoms with Gasteiger partial charge in [0.25, 0.3) is 5.91 Å². The van der Waals surface area contributed by atoms with E-state index in [1.165, 1.54) is 17.2 Å². The lowest BCUT2D eigenvalue weighted by molar-refractivity contribution is -0.126. The van der Waals surface area contributed by atoms with E-state index >= 15 is 0 Å². The van der Waals surface area contributed by atoms with Gasteiger partial charge in [-0.15, -0.1) is 0 Å². The number of anilines is 2. The Morgan fingerprint density at radius 1 is 0.812 bits per heavy atom. The molecule has 0 saturated carbocycles. The Balaban J connectivity index is 1.61. The van der Waals surface area contributed by atoms with Gasteiger partial charge < -0.3 is 0 Å². The first kappa shape index (κ1) is 21.2. The maximum Gasteiger partial charge on any atom is 0.266 e. The van der Waals surface area contributed by atoms with Crippen molar-refractivity contribution in [1.82, 2.24) is 0 Å². The molecule has 0 radical (unpaired) electrons. The summed E-state index contributed by atoms with van der Waals surface area (Å²) in [6.07, 6.45) is -1.10. The van der Waals surface area contributed by atoms with Gasteiger partial charge in [-0.3, -0.25) is 14.4 Å². The normalized spacial score (nSPS) is 22.6. The summed E-state index contributed by atoms with van der Waals surface area (Å²) in [7, 11) is 0. The molecule has 3 aromatic rings. The van der Waals surface area contributed by atoms with E-state index in [1.54, 1.807) is 30.3 Å². The molecule has 0 aliphatic carbocycles. The molecule has 162 valence electrons. The smallest absolute Gasteiger partial charge is 0.266 e. The zero-order valence-corrected chi connectivity index (χ0v) is 18.5. The van der Waals surface area contributed by atoms with Crippen LogP contribution in [0, 0.1) is 11.7 Å². The topological polar surface area (TPSA) is 49.9 Å². The molecule has 0 aromatic heterocycles. The van der Waals surface area contributed by atoms with E-state index in [2.05, 4.69) is 0 Å². The first-order chi connectivity index (χ1) is 15.4. The molecular formula is C23H14Cl3FN2O3. The van der Waals surface area contributed by atoms with Gasteiger partial charge in [0.1, 0.15) is 11.7 Å². The summed E-state index contributed by atoms with van der Waals surface area (Å²) < 4.78 is 14.0. The van der Waals surface area contributed by atoms with Gasteiger partial charge in [-0.25, -0.2) is 14.4 Å². The van der Waals surface area contributed by atoms with Crippen molar-refractivity contribution < 1.29 is 18.8 Å². The predicted octanol–water partition coefficient (Wildman–Crippen LogP) is 5.84. The molecule has 5 rings (SSSR count). The van der Waals surface area contributed by atoms with E-state index in [9.17, 15) is 14.0 Å². The third-order valence-corrected chi connectivity index (χ3v) is 6.44. The summed E-state index contributed by atoms with van der Waals surface area (Å²) in [5, 5.41) is 2.20. The van der Waals surface area contributed by atoms with Crippen LogP contribution in [0.4, 0.5) is 15.8 Å². The van der Waals surface area contributed by atoms with Gasteiger partial charge in [0, 0.05) is 10.0 Å². The Labute approximate surface area is 197 Å². The third-order valence-electron chi connectivity index (χ3n) is 5.57. The van der Waals surface area contributed by atoms with E-state index in [0.717, 1.165) is 11.0 Å². The molecule has 2 fully saturated rings. The highest BCUT2D eigenvalue weighted by molar-refractivity contribution is 6.35. The molecule has 32 heavy (non-hydrogen) atoms. The van der Waals surface area contributed by atoms with Crippen molar-refractivity contribution in [3.63, 3.8) is 0 Å². The average Bonchev–Trinajstić information content (AvgIpc) is 3.27. The first-order valence-corrected chi connectivity index (χ1v) is 10.8. The van der Waals surface area contributed by atoms with Gasteiger partial charge in [0.2, 0.25) is 5.91 Å². The number of halogens is 4. The molecule has 0 bridgehead atoms. The van der Waals surface area contributed by atoms with Crippen molar-refractivity contribution >= 4 is 58.0 Å². The highest BCUT2D eigenvalue weighted by Crippen LogP contribution is 2.49. The summed E-state index contributed by atoms with van der Waals surface area (Å²) in [5.41, 5.74) is 1.33. The molecule has 5 nitrogen and oxygen atoms in total. The Morgan fingerprint density at radius 2 is 1.56 bits per heavy atom. The summed E-state index contributed by atoms with van der Waals surface area (Å²) >= 11 is 18.3. The second-order valence-corrected chi connectivity index (χ2v) is 8.68. The fraction of sp³-hybridized carbons (Fsp3) is 0.130. The van der Waals surface area contributed by atoms with Crippen LogP contribution in [0.2, 0.25) is 15.1 Å². The Morgan fingerprint density at radius 3 is 2.25 bits per heavy atom. The van der Waals surface area contributed by atoms with Crippen LogP contribution in [0.5, 0.6) is 0 Å². The number of imide groups is 1. The van der Waals surface area contributed by atoms with Crippen molar-refractivity contribution in [2.45, 2.75) is 12.1 Å². The Hall–Kier alpha value is -2.64. The molecule has 0 spiro atoms. The van der Waals surface area contributed by atoms with Crippen molar-refractivity contribution in [3.8, 4) is 0 Å². The highest BCUT2D eigenvalue weighted by Gasteiger charge is 2.60. The van der Waals surface area contributed by atoms with Crippen LogP contribution in [0.15, 0.2) is 66.7 Å². The van der Waals surface area contributed by atoms with E-state index in [0.29, 0.717) is 21.3 Å². The second-order valence-electron chi connectivity index (χ2n) is 7.43. The molecule has 2 heterocycles. The number of fused-ring (bicyclic) bond motifs is 1. The lowest BCUT2D eigenvalue weighted by Crippen LogP contribution is -2.37. The summed E-state index contributed by atoms with van der Waals surface area (Å²) in [4.78, 5) is 33.7. The number of amides is 2. The number of para-hydroxylation sites is 1. The molecule has 0 N–H and O–H groups in total. The van der Waals surface area contributed by atoms with Crippen molar-refractivity contribution in [3.05, 3.63) is 93.2 Å². The quantitative estimate of drug-likeness (QED) is 0.432. The Bertz CT molecular complexity index is 1240. The number of nitrogens with zero attached hydrogens (tertiary/aromatic N) is 2. The molecule has 9 heteroatoms. The van der Waals surface area contributed by atoms with E-state index in [4.69, 9.17) is 39.6 Å². The van der Waals surface area contributed by atoms with Gasteiger partial charge in [-0.2, -0.15) is 0 Å². The number of rotatable bonds is 3. The zero-order valence-electron chi connectivity index (χ0n) is 16.2. The van der Waals surface area contributed by atoms with Crippen LogP contribution in [-0.4, -0.2) is 17.9 Å². The largest absolute Gasteiger partial charge is 0.273 e. The summed E-state index contributed by atoms with van der Waals surface area (Å²) in [6.45, 7) is 0. The third kappa shape index (κ3) is 3.35. The van der Waals surface area contributed by atoms with Crippen LogP contribution < -0.4 is 9.96 Å². The average molecular weight is 492 g/mol. The molecule has 2 saturated heterocycles. The molecule has 3 atom stereocenters. The van der Waals surface area contributed by atoms with Gasteiger partial charge in [-0.1, -0.05) is 59.1 Å². The molecule has 3 aromatic carbocycles. The van der Waals surface area contributed by atoms with E-state index in [1.807, 2.05) is 18.2 Å². The lowest BCUT2D eigenvalue weighted by Gasteiger charge is -2.29. The number of carbonyl (C=O) groups excluding carboxylic acids is 2. The maximum absolute atomic E-state index is 14.0. The summed E-state index contributed by atoms with van der Waals surface area (Å²) in [6, 6.07) is 17.1. The van der Waals surface area contributed by atoms with Crippen LogP contribution in [0.3, 0.4) is 0 Å². The molecule has 2 aliphatic heterocycles. The standard InChI is InChI=1S/C23H14Cl3FN2O3/c24-12-6-8-15(17(26)10-12)20-19-21(32-29(20)13-4-2-1-3-5-13)23(31)28(22(19)30)14-7-9-16(25)18(27)11-14/h1-11,19-21H/t19-,20-,21+/m0/s1. The van der Waals surface area contributed by atoms with Crippen molar-refractivity contribution in [2.75, 3.05) is 9.96 Å². The number of carbonyl (C=O) groups is 2. The van der Waals surface area contributed by atoms with Crippen molar-refractivity contribution in [2.24, 2.45) is 5.92 Å². The first-order valence-electron chi connectivity index (χ1n) is 9.65. The van der Waals surface area contributed by atoms with Crippen LogP contribution >= 0.6 is 34.8 Å². The zero-order chi connectivity index (χ0) is 22.6. The maximum atomic E-state index is 14.0. The number of benzene rings is 3. The lowest BCUT2D eigenvalue weighted by atomic mass is 9.90. The number of hydrogen-bond acceptors (Lipinski definition) is 4. The fourth-order valence-corrected chi connectivity index (χ4v) is 4.79. The highest BCUT2D eigenvalue weighted by atomic mass is 35.5. The van der Waals surface area contributed by atoms with Gasteiger partial charge in [0.05, 0.1) is 22.4 Å². The van der Waals surface area contributed by atoms with Gasteiger partial charge in [-0.05, 0) is 48.0 Å². The van der Waals surface area contributed by atoms with E-state index in [-0.39, 0.29) is 10.7 Å². The molecular weight excluding hydrogens is 478 g/mol. The molecule has 2 aliphatic rings. The minimum absolute atomic E-state index is 0.0899. The summed E-state index contributed by atoms with van der Waals surface area (Å²) in [5.74, 6) is -2.74. The SMILES string of the molecule is O=C1[C@@H]2[C@@H](ON(c3ccccc3)[C@H]2c2ccc(Cl)cc2Cl)C(=O)N1c1ccc(Cl)c(F)c1.